The predicted molar refractivity (Wildman–Crippen MR) is 58.7 cm³/mol. The van der Waals surface area contributed by atoms with Gasteiger partial charge in [-0.3, -0.25) is 0 Å². The molecule has 0 aliphatic carbocycles. The average Bonchev–Trinajstić information content (AvgIpc) is 2.22. The number of isothiocyanates is 1. The zero-order chi connectivity index (χ0) is 11.3. The Morgan fingerprint density at radius 3 is 3.00 bits per heavy atom. The second-order valence-electron chi connectivity index (χ2n) is 2.65. The van der Waals surface area contributed by atoms with Gasteiger partial charge in [-0.2, -0.15) is 4.99 Å². The van der Waals surface area contributed by atoms with E-state index in [0.29, 0.717) is 11.6 Å². The Morgan fingerprint density at radius 1 is 1.73 bits per heavy atom. The highest BCUT2D eigenvalue weighted by Crippen LogP contribution is 2.19. The van der Waals surface area contributed by atoms with E-state index in [1.807, 2.05) is 0 Å². The first-order valence-electron chi connectivity index (χ1n) is 4.11. The lowest BCUT2D eigenvalue weighted by Gasteiger charge is -2.04. The highest BCUT2D eigenvalue weighted by molar-refractivity contribution is 7.78. The van der Waals surface area contributed by atoms with Crippen LogP contribution in [0.4, 0.5) is 10.6 Å². The van der Waals surface area contributed by atoms with Crippen molar-refractivity contribution in [2.24, 2.45) is 4.99 Å². The third-order valence-electron chi connectivity index (χ3n) is 1.59. The molecular formula is C9H9N3O2S. The van der Waals surface area contributed by atoms with Crippen molar-refractivity contribution in [2.75, 3.05) is 7.05 Å². The van der Waals surface area contributed by atoms with Crippen molar-refractivity contribution in [3.8, 4) is 5.75 Å². The second kappa shape index (κ2) is 5.19. The van der Waals surface area contributed by atoms with Gasteiger partial charge in [0.2, 0.25) is 0 Å². The number of nitrogens with one attached hydrogen (secondary N) is 1. The molecule has 78 valence electrons. The molecule has 0 aromatic carbocycles. The molecule has 1 aromatic heterocycles. The van der Waals surface area contributed by atoms with E-state index in [0.717, 1.165) is 5.56 Å². The fourth-order valence-electron chi connectivity index (χ4n) is 0.916. The molecular weight excluding hydrogens is 214 g/mol. The molecule has 1 rings (SSSR count). The summed E-state index contributed by atoms with van der Waals surface area (Å²) in [7, 11) is 1.48. The van der Waals surface area contributed by atoms with Gasteiger partial charge in [-0.15, -0.1) is 0 Å². The Labute approximate surface area is 92.2 Å². The van der Waals surface area contributed by atoms with Crippen LogP contribution in [-0.2, 0) is 0 Å². The summed E-state index contributed by atoms with van der Waals surface area (Å²) in [6.45, 7) is 1.79. The van der Waals surface area contributed by atoms with Gasteiger partial charge in [-0.1, -0.05) is 0 Å². The smallest absolute Gasteiger partial charge is 0.409 e. The number of nitrogens with zero attached hydrogens (tertiary/aromatic N) is 2. The monoisotopic (exact) mass is 223 g/mol. The number of rotatable bonds is 2. The van der Waals surface area contributed by atoms with Gasteiger partial charge in [0.05, 0.1) is 11.4 Å². The summed E-state index contributed by atoms with van der Waals surface area (Å²) >= 11 is 4.46. The van der Waals surface area contributed by atoms with Crippen LogP contribution in [0.3, 0.4) is 0 Å². The summed E-state index contributed by atoms with van der Waals surface area (Å²) in [5.41, 5.74) is 0.758. The van der Waals surface area contributed by atoms with E-state index >= 15 is 0 Å². The van der Waals surface area contributed by atoms with Gasteiger partial charge in [-0.25, -0.2) is 9.78 Å². The van der Waals surface area contributed by atoms with Crippen LogP contribution >= 0.6 is 12.2 Å². The van der Waals surface area contributed by atoms with E-state index < -0.39 is 6.09 Å². The summed E-state index contributed by atoms with van der Waals surface area (Å²) in [6, 6.07) is 1.65. The van der Waals surface area contributed by atoms with Crippen LogP contribution in [-0.4, -0.2) is 23.3 Å². The lowest BCUT2D eigenvalue weighted by Crippen LogP contribution is -2.22. The molecule has 6 heteroatoms. The lowest BCUT2D eigenvalue weighted by atomic mass is 10.3. The lowest BCUT2D eigenvalue weighted by molar-refractivity contribution is 0.203. The minimum atomic E-state index is -0.540. The van der Waals surface area contributed by atoms with Gasteiger partial charge >= 0.3 is 6.09 Å². The van der Waals surface area contributed by atoms with Crippen molar-refractivity contribution in [1.29, 1.82) is 0 Å². The summed E-state index contributed by atoms with van der Waals surface area (Å²) in [5, 5.41) is 4.55. The molecule has 0 saturated carbocycles. The highest BCUT2D eigenvalue weighted by Gasteiger charge is 2.04. The molecule has 0 radical (unpaired) electrons. The molecule has 0 spiro atoms. The molecule has 0 unspecified atom stereocenters. The fourth-order valence-corrected chi connectivity index (χ4v) is 1.00. The highest BCUT2D eigenvalue weighted by atomic mass is 32.1. The molecule has 0 aliphatic rings. The van der Waals surface area contributed by atoms with E-state index in [1.165, 1.54) is 13.2 Å². The summed E-state index contributed by atoms with van der Waals surface area (Å²) in [5.74, 6) is 0.824. The van der Waals surface area contributed by atoms with Crippen molar-refractivity contribution in [2.45, 2.75) is 6.92 Å². The first-order chi connectivity index (χ1) is 7.17. The molecule has 0 atom stereocenters. The van der Waals surface area contributed by atoms with Crippen LogP contribution in [0.15, 0.2) is 17.3 Å². The Bertz CT molecular complexity index is 427. The van der Waals surface area contributed by atoms with E-state index in [2.05, 4.69) is 32.7 Å². The minimum absolute atomic E-state index is 0.357. The summed E-state index contributed by atoms with van der Waals surface area (Å²) in [4.78, 5) is 18.6. The first-order valence-corrected chi connectivity index (χ1v) is 4.52. The number of aryl methyl sites for hydroxylation is 1. The van der Waals surface area contributed by atoms with E-state index in [-0.39, 0.29) is 0 Å². The average molecular weight is 223 g/mol. The van der Waals surface area contributed by atoms with Gasteiger partial charge in [0.1, 0.15) is 0 Å². The van der Waals surface area contributed by atoms with Crippen molar-refractivity contribution in [3.63, 3.8) is 0 Å². The van der Waals surface area contributed by atoms with E-state index in [9.17, 15) is 4.79 Å². The van der Waals surface area contributed by atoms with Crippen LogP contribution in [0.5, 0.6) is 5.75 Å². The number of ether oxygens (including phenoxy) is 1. The van der Waals surface area contributed by atoms with Crippen molar-refractivity contribution >= 4 is 29.3 Å². The number of hydrogen-bond donors (Lipinski definition) is 1. The molecule has 0 aliphatic heterocycles. The maximum absolute atomic E-state index is 10.9. The van der Waals surface area contributed by atoms with Gasteiger partial charge in [0.15, 0.2) is 11.6 Å². The molecule has 1 N–H and O–H groups in total. The number of thiocarbonyl (C=S) groups is 1. The molecule has 1 aromatic rings. The summed E-state index contributed by atoms with van der Waals surface area (Å²) < 4.78 is 4.88. The normalized spacial score (nSPS) is 8.93. The summed E-state index contributed by atoms with van der Waals surface area (Å²) in [6.07, 6.45) is 0.857. The second-order valence-corrected chi connectivity index (χ2v) is 2.84. The standard InChI is InChI=1S/C9H9N3O2S/c1-6-3-7(14-9(13)10-2)4-11-8(6)12-5-15/h3-4H,1-2H3,(H,10,13). The number of amides is 1. The quantitative estimate of drug-likeness (QED) is 0.613. The van der Waals surface area contributed by atoms with Crippen LogP contribution in [0.1, 0.15) is 5.56 Å². The Kier molecular flexibility index (Phi) is 3.91. The fraction of sp³-hybridized carbons (Fsp3) is 0.222. The molecule has 0 fully saturated rings. The zero-order valence-electron chi connectivity index (χ0n) is 8.27. The van der Waals surface area contributed by atoms with Gasteiger partial charge in [0, 0.05) is 7.05 Å². The third-order valence-corrected chi connectivity index (χ3v) is 1.68. The first kappa shape index (κ1) is 11.3. The van der Waals surface area contributed by atoms with Crippen LogP contribution in [0.2, 0.25) is 0 Å². The van der Waals surface area contributed by atoms with Crippen LogP contribution in [0, 0.1) is 6.92 Å². The number of carbonyl (C=O) groups excluding carboxylic acids is 1. The Balaban J connectivity index is 2.91. The van der Waals surface area contributed by atoms with Gasteiger partial charge in [0.25, 0.3) is 0 Å². The number of hydrogen-bond acceptors (Lipinski definition) is 5. The number of aliphatic imine (C=N–C) groups is 1. The van der Waals surface area contributed by atoms with Gasteiger partial charge < -0.3 is 10.1 Å². The zero-order valence-corrected chi connectivity index (χ0v) is 9.09. The van der Waals surface area contributed by atoms with Crippen molar-refractivity contribution in [3.05, 3.63) is 17.8 Å². The van der Waals surface area contributed by atoms with Crippen molar-refractivity contribution in [1.82, 2.24) is 10.3 Å². The Morgan fingerprint density at radius 2 is 2.47 bits per heavy atom. The van der Waals surface area contributed by atoms with E-state index in [4.69, 9.17) is 4.74 Å². The molecule has 1 amide bonds. The van der Waals surface area contributed by atoms with Crippen LogP contribution in [0.25, 0.3) is 0 Å². The Hall–Kier alpha value is -1.78. The SMILES string of the molecule is CNC(=O)Oc1cnc(N=C=S)c(C)c1. The third kappa shape index (κ3) is 3.12. The molecule has 15 heavy (non-hydrogen) atoms. The maximum Gasteiger partial charge on any atom is 0.412 e. The van der Waals surface area contributed by atoms with E-state index in [1.54, 1.807) is 13.0 Å². The molecule has 0 bridgehead atoms. The number of carbonyl (C=O) groups is 1. The molecule has 1 heterocycles. The molecule has 5 nitrogen and oxygen atoms in total. The van der Waals surface area contributed by atoms with Crippen LogP contribution < -0.4 is 10.1 Å². The largest absolute Gasteiger partial charge is 0.412 e. The van der Waals surface area contributed by atoms with Gasteiger partial charge in [-0.05, 0) is 30.8 Å². The maximum atomic E-state index is 10.9. The van der Waals surface area contributed by atoms with Crippen molar-refractivity contribution < 1.29 is 9.53 Å². The number of pyridine rings is 1. The topological polar surface area (TPSA) is 63.6 Å². The minimum Gasteiger partial charge on any atom is -0.409 e. The number of aromatic nitrogens is 1. The predicted octanol–water partition coefficient (Wildman–Crippen LogP) is 1.84. The molecule has 0 saturated heterocycles.